The van der Waals surface area contributed by atoms with Crippen molar-refractivity contribution in [3.05, 3.63) is 17.0 Å². The van der Waals surface area contributed by atoms with Gasteiger partial charge in [0.2, 0.25) is 0 Å². The highest BCUT2D eigenvalue weighted by molar-refractivity contribution is 7.14. The topological polar surface area (TPSA) is 77.8 Å². The zero-order chi connectivity index (χ0) is 11.5. The summed E-state index contributed by atoms with van der Waals surface area (Å²) in [4.78, 5) is 9.31. The molecule has 0 bridgehead atoms. The largest absolute Gasteiger partial charge is 0.333 e. The van der Waals surface area contributed by atoms with Crippen molar-refractivity contribution in [1.82, 2.24) is 15.1 Å². The van der Waals surface area contributed by atoms with E-state index < -0.39 is 0 Å². The van der Waals surface area contributed by atoms with E-state index in [0.29, 0.717) is 11.7 Å². The third-order valence-electron chi connectivity index (χ3n) is 2.21. The molecule has 6 heteroatoms. The fraction of sp³-hybridized carbons (Fsp3) is 0.500. The summed E-state index contributed by atoms with van der Waals surface area (Å²) >= 11 is 1.53. The molecule has 0 amide bonds. The third-order valence-corrected chi connectivity index (χ3v) is 3.11. The van der Waals surface area contributed by atoms with Gasteiger partial charge in [0.05, 0.1) is 17.2 Å². The first-order valence-corrected chi connectivity index (χ1v) is 6.04. The van der Waals surface area contributed by atoms with Gasteiger partial charge in [-0.25, -0.2) is 4.98 Å². The minimum absolute atomic E-state index is 0.142. The van der Waals surface area contributed by atoms with Gasteiger partial charge in [-0.05, 0) is 13.3 Å². The lowest BCUT2D eigenvalue weighted by Gasteiger charge is -2.02. The number of hydrogen-bond donors (Lipinski definition) is 1. The molecule has 2 rings (SSSR count). The molecular formula is C10H14N4OS. The summed E-state index contributed by atoms with van der Waals surface area (Å²) in [5.74, 6) is 1.08. The Bertz CT molecular complexity index is 465. The second kappa shape index (κ2) is 4.71. The summed E-state index contributed by atoms with van der Waals surface area (Å²) in [5.41, 5.74) is 5.90. The van der Waals surface area contributed by atoms with Gasteiger partial charge in [0.15, 0.2) is 5.82 Å². The molecule has 0 fully saturated rings. The van der Waals surface area contributed by atoms with Crippen LogP contribution in [0.4, 0.5) is 0 Å². The summed E-state index contributed by atoms with van der Waals surface area (Å²) < 4.78 is 5.16. The second-order valence-corrected chi connectivity index (χ2v) is 4.83. The highest BCUT2D eigenvalue weighted by Crippen LogP contribution is 2.25. The summed E-state index contributed by atoms with van der Waals surface area (Å²) in [6, 6.07) is -0.142. The van der Waals surface area contributed by atoms with E-state index in [4.69, 9.17) is 10.3 Å². The van der Waals surface area contributed by atoms with Gasteiger partial charge in [-0.1, -0.05) is 18.5 Å². The Hall–Kier alpha value is -1.27. The maximum Gasteiger partial charge on any atom is 0.269 e. The van der Waals surface area contributed by atoms with Crippen LogP contribution < -0.4 is 5.73 Å². The molecule has 1 atom stereocenters. The Morgan fingerprint density at radius 3 is 3.00 bits per heavy atom. The fourth-order valence-electron chi connectivity index (χ4n) is 1.39. The lowest BCUT2D eigenvalue weighted by molar-refractivity contribution is 0.414. The van der Waals surface area contributed by atoms with Crippen LogP contribution in [-0.2, 0) is 0 Å². The Kier molecular flexibility index (Phi) is 3.31. The average molecular weight is 238 g/mol. The SMILES string of the molecule is CCCC(N)c1noc(-c2cnc(C)s2)n1. The highest BCUT2D eigenvalue weighted by atomic mass is 32.1. The van der Waals surface area contributed by atoms with Crippen molar-refractivity contribution in [3.63, 3.8) is 0 Å². The predicted molar refractivity (Wildman–Crippen MR) is 62.0 cm³/mol. The maximum atomic E-state index is 5.90. The minimum atomic E-state index is -0.142. The molecule has 0 aromatic carbocycles. The molecule has 2 heterocycles. The van der Waals surface area contributed by atoms with E-state index in [1.54, 1.807) is 6.20 Å². The van der Waals surface area contributed by atoms with Gasteiger partial charge < -0.3 is 10.3 Å². The fourth-order valence-corrected chi connectivity index (χ4v) is 2.09. The molecule has 2 aromatic rings. The van der Waals surface area contributed by atoms with Crippen LogP contribution in [0.5, 0.6) is 0 Å². The quantitative estimate of drug-likeness (QED) is 0.884. The van der Waals surface area contributed by atoms with E-state index in [0.717, 1.165) is 22.7 Å². The highest BCUT2D eigenvalue weighted by Gasteiger charge is 2.15. The van der Waals surface area contributed by atoms with E-state index in [1.807, 2.05) is 6.92 Å². The van der Waals surface area contributed by atoms with Crippen molar-refractivity contribution in [2.75, 3.05) is 0 Å². The second-order valence-electron chi connectivity index (χ2n) is 3.60. The van der Waals surface area contributed by atoms with Crippen molar-refractivity contribution in [1.29, 1.82) is 0 Å². The van der Waals surface area contributed by atoms with Gasteiger partial charge in [0, 0.05) is 0 Å². The van der Waals surface area contributed by atoms with Crippen molar-refractivity contribution >= 4 is 11.3 Å². The van der Waals surface area contributed by atoms with Crippen molar-refractivity contribution in [2.45, 2.75) is 32.7 Å². The number of thiazole rings is 1. The molecule has 0 saturated heterocycles. The molecule has 1 unspecified atom stereocenters. The first-order valence-electron chi connectivity index (χ1n) is 5.22. The normalized spacial score (nSPS) is 12.9. The van der Waals surface area contributed by atoms with E-state index in [-0.39, 0.29) is 6.04 Å². The maximum absolute atomic E-state index is 5.90. The number of rotatable bonds is 4. The summed E-state index contributed by atoms with van der Waals surface area (Å²) in [6.45, 7) is 4.02. The lowest BCUT2D eigenvalue weighted by Crippen LogP contribution is -2.11. The van der Waals surface area contributed by atoms with Gasteiger partial charge in [-0.15, -0.1) is 11.3 Å². The van der Waals surface area contributed by atoms with Crippen LogP contribution in [0.25, 0.3) is 10.8 Å². The molecular weight excluding hydrogens is 224 g/mol. The first kappa shape index (κ1) is 11.2. The summed E-state index contributed by atoms with van der Waals surface area (Å²) in [6.07, 6.45) is 3.61. The average Bonchev–Trinajstić information content (AvgIpc) is 2.85. The number of hydrogen-bond acceptors (Lipinski definition) is 6. The molecule has 0 aliphatic carbocycles. The Labute approximate surface area is 97.7 Å². The van der Waals surface area contributed by atoms with Gasteiger partial charge in [0.25, 0.3) is 5.89 Å². The van der Waals surface area contributed by atoms with Crippen LogP contribution in [0, 0.1) is 6.92 Å². The van der Waals surface area contributed by atoms with E-state index >= 15 is 0 Å². The van der Waals surface area contributed by atoms with Crippen LogP contribution >= 0.6 is 11.3 Å². The Morgan fingerprint density at radius 2 is 2.38 bits per heavy atom. The smallest absolute Gasteiger partial charge is 0.269 e. The molecule has 16 heavy (non-hydrogen) atoms. The molecule has 2 aromatic heterocycles. The van der Waals surface area contributed by atoms with Gasteiger partial charge in [-0.2, -0.15) is 4.98 Å². The molecule has 86 valence electrons. The van der Waals surface area contributed by atoms with Gasteiger partial charge in [-0.3, -0.25) is 0 Å². The van der Waals surface area contributed by atoms with Crippen LogP contribution in [0.2, 0.25) is 0 Å². The van der Waals surface area contributed by atoms with Crippen LogP contribution in [0.15, 0.2) is 10.7 Å². The minimum Gasteiger partial charge on any atom is -0.333 e. The predicted octanol–water partition coefficient (Wildman–Crippen LogP) is 2.30. The molecule has 0 saturated carbocycles. The standard InChI is InChI=1S/C10H14N4OS/c1-3-4-7(11)9-13-10(15-14-9)8-5-12-6(2)16-8/h5,7H,3-4,11H2,1-2H3. The Balaban J connectivity index is 2.19. The van der Waals surface area contributed by atoms with Crippen LogP contribution in [-0.4, -0.2) is 15.1 Å². The number of aryl methyl sites for hydroxylation is 1. The monoisotopic (exact) mass is 238 g/mol. The number of nitrogens with zero attached hydrogens (tertiary/aromatic N) is 3. The number of nitrogens with two attached hydrogens (primary N) is 1. The molecule has 5 nitrogen and oxygen atoms in total. The van der Waals surface area contributed by atoms with Gasteiger partial charge >= 0.3 is 0 Å². The van der Waals surface area contributed by atoms with E-state index in [2.05, 4.69) is 22.0 Å². The van der Waals surface area contributed by atoms with Crippen molar-refractivity contribution < 1.29 is 4.52 Å². The zero-order valence-corrected chi connectivity index (χ0v) is 10.1. The summed E-state index contributed by atoms with van der Waals surface area (Å²) in [7, 11) is 0. The first-order chi connectivity index (χ1) is 7.70. The van der Waals surface area contributed by atoms with Crippen molar-refractivity contribution in [2.24, 2.45) is 5.73 Å². The van der Waals surface area contributed by atoms with Gasteiger partial charge in [0.1, 0.15) is 4.88 Å². The number of aromatic nitrogens is 3. The lowest BCUT2D eigenvalue weighted by atomic mass is 10.2. The van der Waals surface area contributed by atoms with Crippen molar-refractivity contribution in [3.8, 4) is 10.8 Å². The Morgan fingerprint density at radius 1 is 1.56 bits per heavy atom. The molecule has 0 aliphatic heterocycles. The summed E-state index contributed by atoms with van der Waals surface area (Å²) in [5, 5.41) is 4.87. The van der Waals surface area contributed by atoms with Crippen LogP contribution in [0.1, 0.15) is 36.6 Å². The van der Waals surface area contributed by atoms with E-state index in [9.17, 15) is 0 Å². The molecule has 2 N–H and O–H groups in total. The van der Waals surface area contributed by atoms with Crippen LogP contribution in [0.3, 0.4) is 0 Å². The molecule has 0 spiro atoms. The third kappa shape index (κ3) is 2.28. The van der Waals surface area contributed by atoms with E-state index in [1.165, 1.54) is 11.3 Å². The zero-order valence-electron chi connectivity index (χ0n) is 9.30. The molecule has 0 aliphatic rings. The molecule has 0 radical (unpaired) electrons.